The predicted octanol–water partition coefficient (Wildman–Crippen LogP) is 3.71. The first-order valence-corrected chi connectivity index (χ1v) is 10.5. The molecule has 2 aromatic heterocycles. The fourth-order valence-electron chi connectivity index (χ4n) is 4.07. The van der Waals surface area contributed by atoms with Crippen molar-refractivity contribution in [1.82, 2.24) is 19.9 Å². The van der Waals surface area contributed by atoms with E-state index in [9.17, 15) is 9.59 Å². The van der Waals surface area contributed by atoms with Gasteiger partial charge in [-0.2, -0.15) is 5.10 Å². The number of carbonyl (C=O) groups excluding carboxylic acids is 1. The lowest BCUT2D eigenvalue weighted by molar-refractivity contribution is 0.0929. The Balaban J connectivity index is 1.60. The number of carbonyl (C=O) groups is 1. The fourth-order valence-corrected chi connectivity index (χ4v) is 4.07. The van der Waals surface area contributed by atoms with Crippen LogP contribution in [0.3, 0.4) is 0 Å². The van der Waals surface area contributed by atoms with Crippen LogP contribution in [0.25, 0.3) is 16.8 Å². The van der Waals surface area contributed by atoms with Crippen LogP contribution in [-0.4, -0.2) is 26.5 Å². The van der Waals surface area contributed by atoms with Crippen LogP contribution in [0, 0.1) is 19.8 Å². The molecule has 0 radical (unpaired) electrons. The zero-order chi connectivity index (χ0) is 20.3. The number of aromatic amines is 1. The Bertz CT molecular complexity index is 1180. The van der Waals surface area contributed by atoms with Gasteiger partial charge in [0.05, 0.1) is 11.9 Å². The van der Waals surface area contributed by atoms with Crippen LogP contribution in [0.5, 0.6) is 0 Å². The molecule has 0 aliphatic heterocycles. The monoisotopic (exact) mass is 390 g/mol. The molecule has 2 aliphatic carbocycles. The van der Waals surface area contributed by atoms with E-state index < -0.39 is 0 Å². The van der Waals surface area contributed by atoms with Gasteiger partial charge >= 0.3 is 0 Å². The maximum atomic E-state index is 13.0. The second-order valence-electron chi connectivity index (χ2n) is 8.73. The van der Waals surface area contributed by atoms with Crippen molar-refractivity contribution < 1.29 is 4.79 Å². The van der Waals surface area contributed by atoms with E-state index >= 15 is 0 Å². The number of benzene rings is 1. The molecule has 29 heavy (non-hydrogen) atoms. The van der Waals surface area contributed by atoms with Gasteiger partial charge in [0, 0.05) is 11.6 Å². The highest BCUT2D eigenvalue weighted by atomic mass is 16.2. The first kappa shape index (κ1) is 18.2. The van der Waals surface area contributed by atoms with Crippen LogP contribution in [0.4, 0.5) is 0 Å². The van der Waals surface area contributed by atoms with Crippen molar-refractivity contribution in [2.24, 2.45) is 5.92 Å². The molecule has 0 spiro atoms. The van der Waals surface area contributed by atoms with E-state index in [0.29, 0.717) is 22.8 Å². The number of amides is 1. The summed E-state index contributed by atoms with van der Waals surface area (Å²) in [5.41, 5.74) is 5.53. The molecule has 0 saturated heterocycles. The van der Waals surface area contributed by atoms with Gasteiger partial charge in [-0.1, -0.05) is 12.1 Å². The number of rotatable bonds is 5. The SMILES string of the molecule is Cc1ccc(-c2cn3nc(C(=O)N[C@@H](C)C4CC4)c(C4CC4)c3c(=O)[nH]2)cc1C. The van der Waals surface area contributed by atoms with Gasteiger partial charge in [-0.3, -0.25) is 9.59 Å². The summed E-state index contributed by atoms with van der Waals surface area (Å²) in [5.74, 6) is 0.653. The quantitative estimate of drug-likeness (QED) is 0.697. The van der Waals surface area contributed by atoms with Crippen LogP contribution >= 0.6 is 0 Å². The Morgan fingerprint density at radius 2 is 1.97 bits per heavy atom. The minimum Gasteiger partial charge on any atom is -0.348 e. The third kappa shape index (κ3) is 3.26. The van der Waals surface area contributed by atoms with E-state index in [-0.39, 0.29) is 23.4 Å². The van der Waals surface area contributed by atoms with Crippen LogP contribution in [0.2, 0.25) is 0 Å². The van der Waals surface area contributed by atoms with Crippen molar-refractivity contribution in [1.29, 1.82) is 0 Å². The van der Waals surface area contributed by atoms with E-state index in [2.05, 4.69) is 35.3 Å². The number of H-pyrrole nitrogens is 1. The maximum absolute atomic E-state index is 13.0. The molecule has 2 saturated carbocycles. The summed E-state index contributed by atoms with van der Waals surface area (Å²) in [6.45, 7) is 6.17. The number of nitrogens with one attached hydrogen (secondary N) is 2. The smallest absolute Gasteiger partial charge is 0.274 e. The lowest BCUT2D eigenvalue weighted by atomic mass is 10.0. The third-order valence-corrected chi connectivity index (χ3v) is 6.37. The van der Waals surface area contributed by atoms with Gasteiger partial charge in [-0.15, -0.1) is 0 Å². The van der Waals surface area contributed by atoms with Crippen molar-refractivity contribution in [3.63, 3.8) is 0 Å². The standard InChI is InChI=1S/C23H26N4O2/c1-12-4-5-17(10-13(12)2)18-11-27-21(23(29)25-18)19(16-8-9-16)20(26-27)22(28)24-14(3)15-6-7-15/h4-5,10-11,14-16H,6-9H2,1-3H3,(H,24,28)(H,25,29)/t14-/m0/s1. The molecule has 2 N–H and O–H groups in total. The summed E-state index contributed by atoms with van der Waals surface area (Å²) in [6.07, 6.45) is 6.16. The van der Waals surface area contributed by atoms with Crippen LogP contribution in [0.1, 0.15) is 65.7 Å². The molecule has 3 aromatic rings. The molecule has 1 amide bonds. The summed E-state index contributed by atoms with van der Waals surface area (Å²) in [7, 11) is 0. The van der Waals surface area contributed by atoms with Crippen molar-refractivity contribution in [3.05, 3.63) is 57.1 Å². The number of nitrogens with zero attached hydrogens (tertiary/aromatic N) is 2. The van der Waals surface area contributed by atoms with Gasteiger partial charge in [0.15, 0.2) is 5.69 Å². The van der Waals surface area contributed by atoms with E-state index in [1.165, 1.54) is 18.4 Å². The van der Waals surface area contributed by atoms with Gasteiger partial charge in [0.2, 0.25) is 0 Å². The molecule has 1 atom stereocenters. The van der Waals surface area contributed by atoms with E-state index in [4.69, 9.17) is 0 Å². The molecule has 2 fully saturated rings. The zero-order valence-electron chi connectivity index (χ0n) is 17.1. The van der Waals surface area contributed by atoms with E-state index in [1.54, 1.807) is 4.52 Å². The second-order valence-corrected chi connectivity index (χ2v) is 8.73. The topological polar surface area (TPSA) is 79.3 Å². The number of aryl methyl sites for hydroxylation is 2. The van der Waals surface area contributed by atoms with E-state index in [1.807, 2.05) is 25.3 Å². The molecule has 6 heteroatoms. The van der Waals surface area contributed by atoms with Gasteiger partial charge in [-0.05, 0) is 81.0 Å². The van der Waals surface area contributed by atoms with Crippen molar-refractivity contribution in [3.8, 4) is 11.3 Å². The van der Waals surface area contributed by atoms with Crippen molar-refractivity contribution >= 4 is 11.4 Å². The highest BCUT2D eigenvalue weighted by molar-refractivity contribution is 5.96. The number of hydrogen-bond acceptors (Lipinski definition) is 3. The minimum atomic E-state index is -0.190. The zero-order valence-corrected chi connectivity index (χ0v) is 17.1. The normalized spacial score (nSPS) is 17.5. The van der Waals surface area contributed by atoms with E-state index in [0.717, 1.165) is 29.5 Å². The molecule has 0 bridgehead atoms. The van der Waals surface area contributed by atoms with Crippen LogP contribution < -0.4 is 10.9 Å². The second kappa shape index (κ2) is 6.58. The lowest BCUT2D eigenvalue weighted by Gasteiger charge is -2.12. The average Bonchev–Trinajstić information content (AvgIpc) is 3.60. The molecule has 150 valence electrons. The minimum absolute atomic E-state index is 0.142. The van der Waals surface area contributed by atoms with Gasteiger partial charge in [-0.25, -0.2) is 4.52 Å². The van der Waals surface area contributed by atoms with Crippen molar-refractivity contribution in [2.45, 2.75) is 58.4 Å². The molecule has 0 unspecified atom stereocenters. The Morgan fingerprint density at radius 3 is 2.62 bits per heavy atom. The Kier molecular flexibility index (Phi) is 4.12. The largest absolute Gasteiger partial charge is 0.348 e. The number of hydrogen-bond donors (Lipinski definition) is 2. The summed E-state index contributed by atoms with van der Waals surface area (Å²) < 4.78 is 1.60. The van der Waals surface area contributed by atoms with Gasteiger partial charge in [0.25, 0.3) is 11.5 Å². The maximum Gasteiger partial charge on any atom is 0.274 e. The van der Waals surface area contributed by atoms with Gasteiger partial charge < -0.3 is 10.3 Å². The molecular weight excluding hydrogens is 364 g/mol. The van der Waals surface area contributed by atoms with Crippen LogP contribution in [-0.2, 0) is 0 Å². The Labute approximate surface area is 169 Å². The molecule has 6 nitrogen and oxygen atoms in total. The van der Waals surface area contributed by atoms with Gasteiger partial charge in [0.1, 0.15) is 5.52 Å². The predicted molar refractivity (Wildman–Crippen MR) is 112 cm³/mol. The number of aromatic nitrogens is 3. The summed E-state index contributed by atoms with van der Waals surface area (Å²) in [5, 5.41) is 7.67. The summed E-state index contributed by atoms with van der Waals surface area (Å²) in [6, 6.07) is 6.24. The molecule has 5 rings (SSSR count). The molecule has 2 aliphatic rings. The van der Waals surface area contributed by atoms with Crippen molar-refractivity contribution in [2.75, 3.05) is 0 Å². The Hall–Kier alpha value is -2.89. The molecule has 2 heterocycles. The molecular formula is C23H26N4O2. The lowest BCUT2D eigenvalue weighted by Crippen LogP contribution is -2.34. The first-order valence-electron chi connectivity index (χ1n) is 10.5. The first-order chi connectivity index (χ1) is 13.9. The Morgan fingerprint density at radius 1 is 1.21 bits per heavy atom. The highest BCUT2D eigenvalue weighted by Gasteiger charge is 2.36. The van der Waals surface area contributed by atoms with Crippen LogP contribution in [0.15, 0.2) is 29.2 Å². The fraction of sp³-hybridized carbons (Fsp3) is 0.435. The highest BCUT2D eigenvalue weighted by Crippen LogP contribution is 2.43. The third-order valence-electron chi connectivity index (χ3n) is 6.37. The average molecular weight is 390 g/mol. The summed E-state index contributed by atoms with van der Waals surface area (Å²) >= 11 is 0. The summed E-state index contributed by atoms with van der Waals surface area (Å²) in [4.78, 5) is 29.0. The number of fused-ring (bicyclic) bond motifs is 1. The molecule has 1 aromatic carbocycles.